The molecule has 1 fully saturated rings. The van der Waals surface area contributed by atoms with Crippen LogP contribution in [0.25, 0.3) is 0 Å². The van der Waals surface area contributed by atoms with Crippen molar-refractivity contribution in [3.05, 3.63) is 28.8 Å². The number of rotatable bonds is 5. The van der Waals surface area contributed by atoms with E-state index in [4.69, 9.17) is 9.47 Å². The Hall–Kier alpha value is -2.08. The molecular weight excluding hydrogens is 370 g/mol. The van der Waals surface area contributed by atoms with Crippen LogP contribution in [-0.4, -0.2) is 46.9 Å². The highest BCUT2D eigenvalue weighted by Gasteiger charge is 2.37. The molecule has 2 atom stereocenters. The third-order valence-corrected chi connectivity index (χ3v) is 5.84. The van der Waals surface area contributed by atoms with Crippen LogP contribution < -0.4 is 4.74 Å². The Kier molecular flexibility index (Phi) is 6.52. The van der Waals surface area contributed by atoms with Gasteiger partial charge in [-0.25, -0.2) is 4.79 Å². The molecule has 0 saturated carbocycles. The van der Waals surface area contributed by atoms with Crippen molar-refractivity contribution in [1.82, 2.24) is 4.90 Å². The molecule has 0 radical (unpaired) electrons. The number of hydrogen-bond acceptors (Lipinski definition) is 5. The van der Waals surface area contributed by atoms with Gasteiger partial charge in [0.2, 0.25) is 0 Å². The van der Waals surface area contributed by atoms with E-state index in [0.717, 1.165) is 44.3 Å². The SMILES string of the molecule is CCCN1CCC[C@@H]2Cc3c(ccc(OC(=O)OC(C)(C)C)c3CC(=O)O)C[C@H]21. The normalized spacial score (nSPS) is 21.8. The largest absolute Gasteiger partial charge is 0.514 e. The molecule has 0 spiro atoms. The Labute approximate surface area is 173 Å². The molecule has 0 unspecified atom stereocenters. The molecule has 1 aromatic carbocycles. The summed E-state index contributed by atoms with van der Waals surface area (Å²) in [6.45, 7) is 9.77. The summed E-state index contributed by atoms with van der Waals surface area (Å²) in [4.78, 5) is 26.3. The molecule has 1 aliphatic heterocycles. The molecule has 6 nitrogen and oxygen atoms in total. The number of ether oxygens (including phenoxy) is 2. The first kappa shape index (κ1) is 21.6. The molecule has 6 heteroatoms. The van der Waals surface area contributed by atoms with Gasteiger partial charge in [0, 0.05) is 11.6 Å². The molecule has 1 saturated heterocycles. The summed E-state index contributed by atoms with van der Waals surface area (Å²) < 4.78 is 10.7. The van der Waals surface area contributed by atoms with Gasteiger partial charge in [-0.15, -0.1) is 0 Å². The fourth-order valence-corrected chi connectivity index (χ4v) is 4.77. The number of aliphatic carboxylic acids is 1. The van der Waals surface area contributed by atoms with Crippen LogP contribution in [0, 0.1) is 5.92 Å². The summed E-state index contributed by atoms with van der Waals surface area (Å²) >= 11 is 0. The number of carbonyl (C=O) groups excluding carboxylic acids is 1. The molecule has 2 aliphatic rings. The summed E-state index contributed by atoms with van der Waals surface area (Å²) in [7, 11) is 0. The van der Waals surface area contributed by atoms with Gasteiger partial charge in [0.05, 0.1) is 6.42 Å². The average molecular weight is 404 g/mol. The highest BCUT2D eigenvalue weighted by molar-refractivity contribution is 5.74. The number of hydrogen-bond donors (Lipinski definition) is 1. The number of benzene rings is 1. The van der Waals surface area contributed by atoms with Crippen LogP contribution in [-0.2, 0) is 28.8 Å². The van der Waals surface area contributed by atoms with E-state index in [2.05, 4.69) is 11.8 Å². The van der Waals surface area contributed by atoms with E-state index >= 15 is 0 Å². The van der Waals surface area contributed by atoms with E-state index in [1.165, 1.54) is 12.0 Å². The predicted molar refractivity (Wildman–Crippen MR) is 110 cm³/mol. The molecule has 1 N–H and O–H groups in total. The summed E-state index contributed by atoms with van der Waals surface area (Å²) in [5, 5.41) is 9.48. The number of nitrogens with zero attached hydrogens (tertiary/aromatic N) is 1. The molecule has 0 aromatic heterocycles. The van der Waals surface area contributed by atoms with Crippen LogP contribution in [0.1, 0.15) is 63.6 Å². The van der Waals surface area contributed by atoms with E-state index in [0.29, 0.717) is 23.3 Å². The highest BCUT2D eigenvalue weighted by atomic mass is 16.7. The van der Waals surface area contributed by atoms with Gasteiger partial charge >= 0.3 is 12.1 Å². The molecule has 1 heterocycles. The lowest BCUT2D eigenvalue weighted by molar-refractivity contribution is -0.136. The third kappa shape index (κ3) is 5.30. The summed E-state index contributed by atoms with van der Waals surface area (Å²) in [6.07, 6.45) is 4.30. The van der Waals surface area contributed by atoms with Crippen LogP contribution >= 0.6 is 0 Å². The second kappa shape index (κ2) is 8.74. The molecule has 160 valence electrons. The van der Waals surface area contributed by atoms with E-state index in [1.807, 2.05) is 6.07 Å². The van der Waals surface area contributed by atoms with E-state index in [1.54, 1.807) is 26.8 Å². The van der Waals surface area contributed by atoms with Crippen LogP contribution in [0.15, 0.2) is 12.1 Å². The molecule has 0 amide bonds. The first-order chi connectivity index (χ1) is 13.7. The Morgan fingerprint density at radius 1 is 1.24 bits per heavy atom. The average Bonchev–Trinajstić information content (AvgIpc) is 2.61. The zero-order valence-electron chi connectivity index (χ0n) is 18.0. The molecule has 1 aromatic rings. The van der Waals surface area contributed by atoms with Gasteiger partial charge in [-0.05, 0) is 89.1 Å². The lowest BCUT2D eigenvalue weighted by Gasteiger charge is -2.45. The summed E-state index contributed by atoms with van der Waals surface area (Å²) in [5.74, 6) is -0.0991. The number of carbonyl (C=O) groups is 2. The van der Waals surface area contributed by atoms with Gasteiger partial charge in [-0.3, -0.25) is 9.69 Å². The number of carboxylic acids is 1. The molecule has 1 aliphatic carbocycles. The van der Waals surface area contributed by atoms with Gasteiger partial charge in [-0.2, -0.15) is 0 Å². The van der Waals surface area contributed by atoms with Crippen LogP contribution in [0.4, 0.5) is 4.79 Å². The smallest absolute Gasteiger partial charge is 0.481 e. The van der Waals surface area contributed by atoms with Crippen molar-refractivity contribution in [2.24, 2.45) is 5.92 Å². The van der Waals surface area contributed by atoms with E-state index < -0.39 is 17.7 Å². The minimum Gasteiger partial charge on any atom is -0.481 e. The maximum Gasteiger partial charge on any atom is 0.514 e. The van der Waals surface area contributed by atoms with Crippen molar-refractivity contribution < 1.29 is 24.2 Å². The van der Waals surface area contributed by atoms with Gasteiger partial charge in [0.1, 0.15) is 11.4 Å². The summed E-state index contributed by atoms with van der Waals surface area (Å²) in [5.41, 5.74) is 2.18. The minimum atomic E-state index is -0.925. The second-order valence-corrected chi connectivity index (χ2v) is 9.23. The van der Waals surface area contributed by atoms with Crippen molar-refractivity contribution >= 4 is 12.1 Å². The fourth-order valence-electron chi connectivity index (χ4n) is 4.77. The van der Waals surface area contributed by atoms with Gasteiger partial charge in [-0.1, -0.05) is 13.0 Å². The fraction of sp³-hybridized carbons (Fsp3) is 0.652. The lowest BCUT2D eigenvalue weighted by atomic mass is 9.73. The van der Waals surface area contributed by atoms with Gasteiger partial charge in [0.25, 0.3) is 0 Å². The van der Waals surface area contributed by atoms with E-state index in [-0.39, 0.29) is 6.42 Å². The Morgan fingerprint density at radius 3 is 2.66 bits per heavy atom. The van der Waals surface area contributed by atoms with Crippen molar-refractivity contribution in [2.75, 3.05) is 13.1 Å². The van der Waals surface area contributed by atoms with Crippen molar-refractivity contribution in [3.63, 3.8) is 0 Å². The zero-order valence-corrected chi connectivity index (χ0v) is 18.0. The standard InChI is InChI=1S/C23H33NO5/c1-5-10-24-11-6-7-16-12-17-15(13-19(16)24)8-9-20(18(17)14-21(25)26)28-22(27)29-23(2,3)4/h8-9,16,19H,5-7,10-14H2,1-4H3,(H,25,26)/t16-,19-/m1/s1. The number of carboxylic acid groups (broad SMARTS) is 1. The quantitative estimate of drug-likeness (QED) is 0.586. The maximum absolute atomic E-state index is 12.2. The van der Waals surface area contributed by atoms with Crippen LogP contribution in [0.3, 0.4) is 0 Å². The van der Waals surface area contributed by atoms with Crippen molar-refractivity contribution in [3.8, 4) is 5.75 Å². The Morgan fingerprint density at radius 2 is 2.00 bits per heavy atom. The van der Waals surface area contributed by atoms with Gasteiger partial charge < -0.3 is 14.6 Å². The summed E-state index contributed by atoms with van der Waals surface area (Å²) in [6, 6.07) is 4.25. The zero-order chi connectivity index (χ0) is 21.2. The van der Waals surface area contributed by atoms with Gasteiger partial charge in [0.15, 0.2) is 0 Å². The number of likely N-dealkylation sites (tertiary alicyclic amines) is 1. The Balaban J connectivity index is 1.90. The molecule has 29 heavy (non-hydrogen) atoms. The maximum atomic E-state index is 12.2. The molecular formula is C23H33NO5. The number of piperidine rings is 1. The van der Waals surface area contributed by atoms with Crippen molar-refractivity contribution in [2.45, 2.75) is 77.9 Å². The van der Waals surface area contributed by atoms with Crippen LogP contribution in [0.5, 0.6) is 5.75 Å². The van der Waals surface area contributed by atoms with E-state index in [9.17, 15) is 14.7 Å². The van der Waals surface area contributed by atoms with Crippen molar-refractivity contribution in [1.29, 1.82) is 0 Å². The Bertz CT molecular complexity index is 765. The first-order valence-electron chi connectivity index (χ1n) is 10.7. The first-order valence-corrected chi connectivity index (χ1v) is 10.7. The minimum absolute atomic E-state index is 0.155. The van der Waals surface area contributed by atoms with Crippen LogP contribution in [0.2, 0.25) is 0 Å². The molecule has 3 rings (SSSR count). The molecule has 0 bridgehead atoms. The number of fused-ring (bicyclic) bond motifs is 2. The monoisotopic (exact) mass is 403 g/mol. The second-order valence-electron chi connectivity index (χ2n) is 9.23. The lowest BCUT2D eigenvalue weighted by Crippen LogP contribution is -2.49. The predicted octanol–water partition coefficient (Wildman–Crippen LogP) is 4.22. The topological polar surface area (TPSA) is 76.1 Å². The highest BCUT2D eigenvalue weighted by Crippen LogP contribution is 2.39. The third-order valence-electron chi connectivity index (χ3n) is 5.84.